The van der Waals surface area contributed by atoms with Gasteiger partial charge in [0.1, 0.15) is 17.2 Å². The molecule has 1 aromatic heterocycles. The fourth-order valence-corrected chi connectivity index (χ4v) is 4.09. The van der Waals surface area contributed by atoms with E-state index in [1.807, 2.05) is 78.9 Å². The second-order valence-electron chi connectivity index (χ2n) is 9.76. The maximum absolute atomic E-state index is 14.0. The van der Waals surface area contributed by atoms with E-state index in [2.05, 4.69) is 15.3 Å². The number of rotatable bonds is 5. The van der Waals surface area contributed by atoms with Crippen molar-refractivity contribution in [1.29, 1.82) is 0 Å². The van der Waals surface area contributed by atoms with Crippen LogP contribution in [0.4, 0.5) is 14.5 Å². The van der Waals surface area contributed by atoms with Crippen molar-refractivity contribution < 1.29 is 18.4 Å². The summed E-state index contributed by atoms with van der Waals surface area (Å²) in [5, 5.41) is 3.50. The number of hydrogen-bond acceptors (Lipinski definition) is 4. The first kappa shape index (κ1) is 31.4. The van der Waals surface area contributed by atoms with Gasteiger partial charge < -0.3 is 10.2 Å². The van der Waals surface area contributed by atoms with Crippen molar-refractivity contribution in [3.8, 4) is 11.3 Å². The topological polar surface area (TPSA) is 74.7 Å². The van der Waals surface area contributed by atoms with Gasteiger partial charge in [-0.15, -0.1) is 0 Å². The van der Waals surface area contributed by atoms with E-state index in [4.69, 9.17) is 0 Å². The normalized spacial score (nSPS) is 11.6. The van der Waals surface area contributed by atoms with E-state index in [0.29, 0.717) is 23.4 Å². The minimum absolute atomic E-state index is 0.113. The molecule has 0 bridgehead atoms. The van der Waals surface area contributed by atoms with E-state index in [9.17, 15) is 18.4 Å². The molecule has 1 N–H and O–H groups in total. The van der Waals surface area contributed by atoms with Crippen LogP contribution in [0.3, 0.4) is 0 Å². The van der Waals surface area contributed by atoms with Gasteiger partial charge in [0.2, 0.25) is 11.8 Å². The Morgan fingerprint density at radius 2 is 1.50 bits per heavy atom. The Balaban J connectivity index is 0.000000172. The molecule has 44 heavy (non-hydrogen) atoms. The highest BCUT2D eigenvalue weighted by molar-refractivity contribution is 5.84. The van der Waals surface area contributed by atoms with Crippen LogP contribution in [0, 0.1) is 11.6 Å². The van der Waals surface area contributed by atoms with Gasteiger partial charge in [0.25, 0.3) is 0 Å². The summed E-state index contributed by atoms with van der Waals surface area (Å²) in [7, 11) is 0. The van der Waals surface area contributed by atoms with Crippen molar-refractivity contribution >= 4 is 34.6 Å². The number of halogens is 2. The van der Waals surface area contributed by atoms with Gasteiger partial charge in [-0.25, -0.2) is 13.8 Å². The van der Waals surface area contributed by atoms with Crippen LogP contribution in [0.15, 0.2) is 126 Å². The summed E-state index contributed by atoms with van der Waals surface area (Å²) < 4.78 is 27.2. The SMILES string of the molecule is CC(=O)N1C=CC1.CC(=O)NCc1cc2cccc(F)c2nc1-c1ccccc1.Fc1ccccc1N=Cc1ccccc1. The fraction of sp³-hybridized carbons (Fsp3) is 0.111. The molecule has 8 heteroatoms. The maximum atomic E-state index is 14.0. The van der Waals surface area contributed by atoms with Crippen LogP contribution in [0.25, 0.3) is 22.2 Å². The molecular formula is C36H32F2N4O2. The van der Waals surface area contributed by atoms with E-state index < -0.39 is 0 Å². The zero-order chi connectivity index (χ0) is 31.3. The number of carbonyl (C=O) groups excluding carboxylic acids is 2. The number of nitrogens with one attached hydrogen (secondary N) is 1. The van der Waals surface area contributed by atoms with Crippen LogP contribution in [-0.2, 0) is 16.1 Å². The lowest BCUT2D eigenvalue weighted by atomic mass is 10.0. The lowest BCUT2D eigenvalue weighted by molar-refractivity contribution is -0.126. The highest BCUT2D eigenvalue weighted by Crippen LogP contribution is 2.27. The third-order valence-electron chi connectivity index (χ3n) is 6.45. The predicted molar refractivity (Wildman–Crippen MR) is 171 cm³/mol. The smallest absolute Gasteiger partial charge is 0.223 e. The summed E-state index contributed by atoms with van der Waals surface area (Å²) in [6.45, 7) is 4.19. The van der Waals surface area contributed by atoms with Crippen LogP contribution >= 0.6 is 0 Å². The highest BCUT2D eigenvalue weighted by Gasteiger charge is 2.12. The van der Waals surface area contributed by atoms with Crippen LogP contribution < -0.4 is 5.32 Å². The summed E-state index contributed by atoms with van der Waals surface area (Å²) in [5.74, 6) is -0.633. The van der Waals surface area contributed by atoms with Gasteiger partial charge in [0, 0.05) is 50.3 Å². The number of fused-ring (bicyclic) bond motifs is 1. The molecule has 0 fully saturated rings. The zero-order valence-corrected chi connectivity index (χ0v) is 24.5. The second-order valence-corrected chi connectivity index (χ2v) is 9.76. The average molecular weight is 591 g/mol. The monoisotopic (exact) mass is 590 g/mol. The molecule has 1 aliphatic rings. The molecule has 0 saturated heterocycles. The maximum Gasteiger partial charge on any atom is 0.223 e. The molecule has 4 aromatic carbocycles. The first-order valence-electron chi connectivity index (χ1n) is 14.0. The number of hydrogen-bond donors (Lipinski definition) is 1. The van der Waals surface area contributed by atoms with E-state index in [-0.39, 0.29) is 23.4 Å². The van der Waals surface area contributed by atoms with E-state index in [1.165, 1.54) is 19.1 Å². The largest absolute Gasteiger partial charge is 0.352 e. The summed E-state index contributed by atoms with van der Waals surface area (Å²) in [4.78, 5) is 31.7. The van der Waals surface area contributed by atoms with Gasteiger partial charge in [-0.05, 0) is 41.5 Å². The van der Waals surface area contributed by atoms with Crippen molar-refractivity contribution in [3.05, 3.63) is 144 Å². The lowest BCUT2D eigenvalue weighted by Crippen LogP contribution is -2.28. The number of carbonyl (C=O) groups is 2. The number of aromatic nitrogens is 1. The molecule has 2 amide bonds. The number of para-hydroxylation sites is 2. The Bertz CT molecular complexity index is 1770. The number of benzene rings is 4. The molecule has 6 rings (SSSR count). The molecule has 0 radical (unpaired) electrons. The molecule has 0 atom stereocenters. The molecule has 5 aromatic rings. The van der Waals surface area contributed by atoms with Crippen molar-refractivity contribution in [2.75, 3.05) is 6.54 Å². The first-order chi connectivity index (χ1) is 21.3. The summed E-state index contributed by atoms with van der Waals surface area (Å²) in [5.41, 5.74) is 4.11. The van der Waals surface area contributed by atoms with Gasteiger partial charge >= 0.3 is 0 Å². The Morgan fingerprint density at radius 3 is 2.09 bits per heavy atom. The molecule has 222 valence electrons. The second kappa shape index (κ2) is 15.7. The number of amides is 2. The van der Waals surface area contributed by atoms with Crippen molar-refractivity contribution in [3.63, 3.8) is 0 Å². The Morgan fingerprint density at radius 1 is 0.864 bits per heavy atom. The van der Waals surface area contributed by atoms with Gasteiger partial charge in [0.15, 0.2) is 0 Å². The summed E-state index contributed by atoms with van der Waals surface area (Å²) in [6, 6.07) is 32.4. The minimum atomic E-state index is -0.347. The van der Waals surface area contributed by atoms with Gasteiger partial charge in [-0.1, -0.05) is 84.9 Å². The molecule has 6 nitrogen and oxygen atoms in total. The van der Waals surface area contributed by atoms with E-state index in [0.717, 1.165) is 28.6 Å². The van der Waals surface area contributed by atoms with E-state index in [1.54, 1.807) is 48.5 Å². The Kier molecular flexibility index (Phi) is 11.2. The lowest BCUT2D eigenvalue weighted by Gasteiger charge is -2.20. The summed E-state index contributed by atoms with van der Waals surface area (Å²) >= 11 is 0. The van der Waals surface area contributed by atoms with Gasteiger partial charge in [0.05, 0.1) is 11.4 Å². The first-order valence-corrected chi connectivity index (χ1v) is 14.0. The van der Waals surface area contributed by atoms with Crippen LogP contribution in [-0.4, -0.2) is 34.5 Å². The number of nitrogens with zero attached hydrogens (tertiary/aromatic N) is 3. The third-order valence-corrected chi connectivity index (χ3v) is 6.45. The van der Waals surface area contributed by atoms with Crippen molar-refractivity contribution in [2.45, 2.75) is 20.4 Å². The Hall–Kier alpha value is -5.50. The molecule has 0 saturated carbocycles. The molecule has 0 unspecified atom stereocenters. The van der Waals surface area contributed by atoms with Crippen LogP contribution in [0.1, 0.15) is 25.0 Å². The predicted octanol–water partition coefficient (Wildman–Crippen LogP) is 7.62. The Labute approximate surface area is 255 Å². The van der Waals surface area contributed by atoms with Crippen molar-refractivity contribution in [1.82, 2.24) is 15.2 Å². The number of aliphatic imine (C=N–C) groups is 1. The fourth-order valence-electron chi connectivity index (χ4n) is 4.09. The molecule has 2 heterocycles. The van der Waals surface area contributed by atoms with Gasteiger partial charge in [-0.3, -0.25) is 14.6 Å². The molecular weight excluding hydrogens is 558 g/mol. The molecule has 0 spiro atoms. The van der Waals surface area contributed by atoms with E-state index >= 15 is 0 Å². The molecule has 1 aliphatic heterocycles. The third kappa shape index (κ3) is 9.00. The average Bonchev–Trinajstić information content (AvgIpc) is 3.00. The van der Waals surface area contributed by atoms with Crippen LogP contribution in [0.5, 0.6) is 0 Å². The number of pyridine rings is 1. The highest BCUT2D eigenvalue weighted by atomic mass is 19.1. The van der Waals surface area contributed by atoms with Gasteiger partial charge in [-0.2, -0.15) is 0 Å². The van der Waals surface area contributed by atoms with Crippen LogP contribution in [0.2, 0.25) is 0 Å². The standard InChI is InChI=1S/C18H15FN2O.C13H10FN.C5H7NO/c1-12(22)20-11-15-10-14-8-5-9-16(19)18(14)21-17(15)13-6-3-2-4-7-13;14-12-8-4-5-9-13(12)15-10-11-6-2-1-3-7-11;1-5(7)6-3-2-4-6/h2-10H,11H2,1H3,(H,20,22);1-10H;2-3H,4H2,1H3. The zero-order valence-electron chi connectivity index (χ0n) is 24.5. The molecule has 0 aliphatic carbocycles. The summed E-state index contributed by atoms with van der Waals surface area (Å²) in [6.07, 6.45) is 5.38. The quantitative estimate of drug-likeness (QED) is 0.214. The minimum Gasteiger partial charge on any atom is -0.352 e. The van der Waals surface area contributed by atoms with Crippen molar-refractivity contribution in [2.24, 2.45) is 4.99 Å².